The van der Waals surface area contributed by atoms with E-state index in [0.29, 0.717) is 5.82 Å². The van der Waals surface area contributed by atoms with Gasteiger partial charge in [0.2, 0.25) is 0 Å². The third-order valence-corrected chi connectivity index (χ3v) is 3.15. The molecule has 0 aliphatic carbocycles. The predicted molar refractivity (Wildman–Crippen MR) is 73.7 cm³/mol. The molecule has 0 bridgehead atoms. The van der Waals surface area contributed by atoms with Crippen molar-refractivity contribution in [2.75, 3.05) is 7.11 Å². The van der Waals surface area contributed by atoms with E-state index < -0.39 is 12.2 Å². The maximum absolute atomic E-state index is 10.5. The van der Waals surface area contributed by atoms with E-state index in [9.17, 15) is 5.11 Å². The van der Waals surface area contributed by atoms with E-state index in [-0.39, 0.29) is 0 Å². The molecule has 1 N–H and O–H groups in total. The Morgan fingerprint density at radius 2 is 2.05 bits per heavy atom. The molecule has 0 fully saturated rings. The van der Waals surface area contributed by atoms with Crippen molar-refractivity contribution in [1.29, 1.82) is 0 Å². The lowest BCUT2D eigenvalue weighted by atomic mass is 10.0. The van der Waals surface area contributed by atoms with E-state index in [0.717, 1.165) is 18.5 Å². The second-order valence-electron chi connectivity index (χ2n) is 4.49. The van der Waals surface area contributed by atoms with E-state index in [4.69, 9.17) is 4.74 Å². The molecule has 1 aromatic carbocycles. The van der Waals surface area contributed by atoms with Crippen LogP contribution in [0.1, 0.15) is 36.9 Å². The number of aliphatic hydroxyl groups excluding tert-OH is 1. The van der Waals surface area contributed by atoms with Crippen LogP contribution in [0, 0.1) is 0 Å². The molecule has 1 aromatic heterocycles. The molecule has 4 heteroatoms. The molecule has 0 amide bonds. The molecule has 0 aliphatic rings. The highest BCUT2D eigenvalue weighted by Crippen LogP contribution is 2.30. The van der Waals surface area contributed by atoms with Crippen molar-refractivity contribution in [2.24, 2.45) is 0 Å². The number of ether oxygens (including phenoxy) is 1. The van der Waals surface area contributed by atoms with Crippen LogP contribution < -0.4 is 0 Å². The number of nitrogens with zero attached hydrogens (tertiary/aromatic N) is 2. The summed E-state index contributed by atoms with van der Waals surface area (Å²) in [6.07, 6.45) is 3.43. The van der Waals surface area contributed by atoms with Crippen LogP contribution in [0.3, 0.4) is 0 Å². The van der Waals surface area contributed by atoms with Gasteiger partial charge in [-0.25, -0.2) is 4.98 Å². The molecule has 2 aromatic rings. The quantitative estimate of drug-likeness (QED) is 0.868. The lowest BCUT2D eigenvalue weighted by Crippen LogP contribution is -2.17. The van der Waals surface area contributed by atoms with Gasteiger partial charge in [0, 0.05) is 26.0 Å². The van der Waals surface area contributed by atoms with Gasteiger partial charge in [-0.1, -0.05) is 37.3 Å². The fraction of sp³-hybridized carbons (Fsp3) is 0.400. The molecule has 2 unspecified atom stereocenters. The smallest absolute Gasteiger partial charge is 0.142 e. The fourth-order valence-electron chi connectivity index (χ4n) is 2.24. The fourth-order valence-corrected chi connectivity index (χ4v) is 2.24. The van der Waals surface area contributed by atoms with Gasteiger partial charge < -0.3 is 14.4 Å². The van der Waals surface area contributed by atoms with Gasteiger partial charge >= 0.3 is 0 Å². The van der Waals surface area contributed by atoms with Crippen LogP contribution in [0.2, 0.25) is 0 Å². The van der Waals surface area contributed by atoms with Crippen molar-refractivity contribution in [3.63, 3.8) is 0 Å². The Balaban J connectivity index is 2.25. The van der Waals surface area contributed by atoms with Crippen molar-refractivity contribution >= 4 is 0 Å². The summed E-state index contributed by atoms with van der Waals surface area (Å²) in [5.41, 5.74) is 0.948. The molecule has 102 valence electrons. The van der Waals surface area contributed by atoms with Crippen molar-refractivity contribution < 1.29 is 9.84 Å². The summed E-state index contributed by atoms with van der Waals surface area (Å²) in [5.74, 6) is 0.651. The average Bonchev–Trinajstić information content (AvgIpc) is 2.89. The first-order valence-corrected chi connectivity index (χ1v) is 6.54. The number of aryl methyl sites for hydroxylation is 1. The Labute approximate surface area is 113 Å². The summed E-state index contributed by atoms with van der Waals surface area (Å²) < 4.78 is 7.42. The van der Waals surface area contributed by atoms with E-state index in [1.165, 1.54) is 0 Å². The molecular formula is C15H20N2O2. The Bertz CT molecular complexity index is 496. The van der Waals surface area contributed by atoms with E-state index in [2.05, 4.69) is 11.9 Å². The number of imidazole rings is 1. The number of benzene rings is 1. The van der Waals surface area contributed by atoms with Crippen LogP contribution in [-0.4, -0.2) is 21.8 Å². The summed E-state index contributed by atoms with van der Waals surface area (Å²) in [6, 6.07) is 9.72. The molecule has 1 heterocycles. The molecule has 2 atom stereocenters. The molecule has 0 spiro atoms. The van der Waals surface area contributed by atoms with Crippen molar-refractivity contribution in [3.05, 3.63) is 54.1 Å². The largest absolute Gasteiger partial charge is 0.382 e. The number of hydrogen-bond donors (Lipinski definition) is 1. The molecule has 2 rings (SSSR count). The number of aliphatic hydroxyl groups is 1. The Morgan fingerprint density at radius 3 is 2.68 bits per heavy atom. The van der Waals surface area contributed by atoms with E-state index in [1.54, 1.807) is 13.3 Å². The Kier molecular flexibility index (Phi) is 4.71. The first kappa shape index (κ1) is 13.8. The van der Waals surface area contributed by atoms with Gasteiger partial charge in [0.25, 0.3) is 0 Å². The zero-order valence-corrected chi connectivity index (χ0v) is 11.4. The highest BCUT2D eigenvalue weighted by atomic mass is 16.5. The summed E-state index contributed by atoms with van der Waals surface area (Å²) in [4.78, 5) is 4.26. The first-order chi connectivity index (χ1) is 9.27. The van der Waals surface area contributed by atoms with Gasteiger partial charge in [0.05, 0.1) is 0 Å². The van der Waals surface area contributed by atoms with E-state index >= 15 is 0 Å². The van der Waals surface area contributed by atoms with Crippen LogP contribution in [0.4, 0.5) is 0 Å². The van der Waals surface area contributed by atoms with Gasteiger partial charge in [-0.05, 0) is 12.0 Å². The normalized spacial score (nSPS) is 14.3. The number of hydrogen-bond acceptors (Lipinski definition) is 3. The van der Waals surface area contributed by atoms with Crippen LogP contribution >= 0.6 is 0 Å². The third kappa shape index (κ3) is 3.03. The maximum atomic E-state index is 10.5. The van der Waals surface area contributed by atoms with Crippen LogP contribution in [0.25, 0.3) is 0 Å². The maximum Gasteiger partial charge on any atom is 0.142 e. The number of aromatic nitrogens is 2. The standard InChI is InChI=1S/C15H20N2O2/c1-3-10-17-11-9-16-15(17)13(18)14(19-2)12-7-5-4-6-8-12/h4-9,11,13-14,18H,3,10H2,1-2H3. The van der Waals surface area contributed by atoms with Gasteiger partial charge in [-0.2, -0.15) is 0 Å². The van der Waals surface area contributed by atoms with Crippen LogP contribution in [0.5, 0.6) is 0 Å². The monoisotopic (exact) mass is 260 g/mol. The lowest BCUT2D eigenvalue weighted by Gasteiger charge is -2.22. The minimum Gasteiger partial charge on any atom is -0.382 e. The summed E-state index contributed by atoms with van der Waals surface area (Å²) in [7, 11) is 1.61. The minimum atomic E-state index is -0.769. The summed E-state index contributed by atoms with van der Waals surface area (Å²) >= 11 is 0. The van der Waals surface area contributed by atoms with Crippen molar-refractivity contribution in [2.45, 2.75) is 32.1 Å². The zero-order chi connectivity index (χ0) is 13.7. The summed E-state index contributed by atoms with van der Waals surface area (Å²) in [6.45, 7) is 2.94. The van der Waals surface area contributed by atoms with Gasteiger partial charge in [-0.3, -0.25) is 0 Å². The lowest BCUT2D eigenvalue weighted by molar-refractivity contribution is -0.0209. The molecular weight excluding hydrogens is 240 g/mol. The average molecular weight is 260 g/mol. The second-order valence-corrected chi connectivity index (χ2v) is 4.49. The van der Waals surface area contributed by atoms with Crippen molar-refractivity contribution in [1.82, 2.24) is 9.55 Å². The second kappa shape index (κ2) is 6.50. The molecule has 0 saturated carbocycles. The zero-order valence-electron chi connectivity index (χ0n) is 11.4. The first-order valence-electron chi connectivity index (χ1n) is 6.54. The Hall–Kier alpha value is -1.65. The van der Waals surface area contributed by atoms with Crippen LogP contribution in [0.15, 0.2) is 42.7 Å². The Morgan fingerprint density at radius 1 is 1.32 bits per heavy atom. The van der Waals surface area contributed by atoms with E-state index in [1.807, 2.05) is 41.1 Å². The molecule has 0 saturated heterocycles. The molecule has 4 nitrogen and oxygen atoms in total. The van der Waals surface area contributed by atoms with Gasteiger partial charge in [-0.15, -0.1) is 0 Å². The highest BCUT2D eigenvalue weighted by molar-refractivity contribution is 5.20. The molecule has 0 aliphatic heterocycles. The van der Waals surface area contributed by atoms with Crippen LogP contribution in [-0.2, 0) is 11.3 Å². The number of methoxy groups -OCH3 is 1. The van der Waals surface area contributed by atoms with Crippen molar-refractivity contribution in [3.8, 4) is 0 Å². The molecule has 19 heavy (non-hydrogen) atoms. The highest BCUT2D eigenvalue weighted by Gasteiger charge is 2.25. The molecule has 0 radical (unpaired) electrons. The minimum absolute atomic E-state index is 0.404. The predicted octanol–water partition coefficient (Wildman–Crippen LogP) is 2.71. The third-order valence-electron chi connectivity index (χ3n) is 3.15. The topological polar surface area (TPSA) is 47.3 Å². The number of rotatable bonds is 6. The summed E-state index contributed by atoms with van der Waals surface area (Å²) in [5, 5.41) is 10.5. The SMILES string of the molecule is CCCn1ccnc1C(O)C(OC)c1ccccc1. The van der Waals surface area contributed by atoms with Gasteiger partial charge in [0.15, 0.2) is 0 Å². The van der Waals surface area contributed by atoms with Gasteiger partial charge in [0.1, 0.15) is 18.0 Å².